The Bertz CT molecular complexity index is 584. The van der Waals surface area contributed by atoms with Crippen molar-refractivity contribution in [2.24, 2.45) is 0 Å². The molecule has 1 heterocycles. The first-order valence-electron chi connectivity index (χ1n) is 5.26. The number of aromatic nitrogens is 1. The first-order chi connectivity index (χ1) is 8.58. The van der Waals surface area contributed by atoms with Crippen molar-refractivity contribution in [1.82, 2.24) is 4.98 Å². The molecule has 3 nitrogen and oxygen atoms in total. The average Bonchev–Trinajstić information content (AvgIpc) is 2.35. The van der Waals surface area contributed by atoms with Gasteiger partial charge < -0.3 is 5.32 Å². The van der Waals surface area contributed by atoms with Crippen LogP contribution >= 0.6 is 38.5 Å². The lowest BCUT2D eigenvalue weighted by molar-refractivity contribution is 0.102. The summed E-state index contributed by atoms with van der Waals surface area (Å²) >= 11 is 5.59. The number of amides is 1. The van der Waals surface area contributed by atoms with Crippen molar-refractivity contribution in [3.8, 4) is 0 Å². The molecule has 0 fully saturated rings. The van der Waals surface area contributed by atoms with Crippen molar-refractivity contribution in [2.75, 3.05) is 5.32 Å². The lowest BCUT2D eigenvalue weighted by Crippen LogP contribution is -2.13. The molecule has 1 N–H and O–H groups in total. The van der Waals surface area contributed by atoms with E-state index in [1.54, 1.807) is 18.3 Å². The maximum absolute atomic E-state index is 12.1. The van der Waals surface area contributed by atoms with Gasteiger partial charge in [0.2, 0.25) is 0 Å². The number of hydrogen-bond donors (Lipinski definition) is 1. The molecule has 5 heteroatoms. The molecule has 1 amide bonds. The number of aryl methyl sites for hydroxylation is 1. The first kappa shape index (κ1) is 13.5. The Morgan fingerprint density at radius 2 is 2.11 bits per heavy atom. The predicted octanol–water partition coefficient (Wildman–Crippen LogP) is 4.01. The number of nitrogens with one attached hydrogen (secondary N) is 1. The number of carbonyl (C=O) groups is 1. The Hall–Kier alpha value is -0.950. The highest BCUT2D eigenvalue weighted by molar-refractivity contribution is 14.1. The van der Waals surface area contributed by atoms with Crippen LogP contribution in [0.5, 0.6) is 0 Å². The number of carbonyl (C=O) groups excluding carboxylic acids is 1. The van der Waals surface area contributed by atoms with Gasteiger partial charge in [0, 0.05) is 14.2 Å². The largest absolute Gasteiger partial charge is 0.307 e. The maximum Gasteiger partial charge on any atom is 0.257 e. The summed E-state index contributed by atoms with van der Waals surface area (Å²) in [6.45, 7) is 1.95. The molecule has 0 saturated heterocycles. The molecule has 0 radical (unpaired) electrons. The number of pyridine rings is 1. The van der Waals surface area contributed by atoms with E-state index in [-0.39, 0.29) is 5.91 Å². The normalized spacial score (nSPS) is 10.2. The molecule has 2 aromatic rings. The number of hydrogen-bond acceptors (Lipinski definition) is 2. The molecule has 0 saturated carbocycles. The second kappa shape index (κ2) is 5.79. The second-order valence-corrected chi connectivity index (χ2v) is 5.79. The highest BCUT2D eigenvalue weighted by Crippen LogP contribution is 2.21. The Morgan fingerprint density at radius 3 is 2.78 bits per heavy atom. The van der Waals surface area contributed by atoms with Gasteiger partial charge in [0.15, 0.2) is 0 Å². The number of anilines is 1. The van der Waals surface area contributed by atoms with Crippen molar-refractivity contribution in [1.29, 1.82) is 0 Å². The summed E-state index contributed by atoms with van der Waals surface area (Å²) < 4.78 is 1.84. The van der Waals surface area contributed by atoms with Crippen LogP contribution in [0.3, 0.4) is 0 Å². The maximum atomic E-state index is 12.1. The molecule has 0 aliphatic carbocycles. The van der Waals surface area contributed by atoms with Gasteiger partial charge in [-0.1, -0.05) is 12.1 Å². The van der Waals surface area contributed by atoms with Crippen LogP contribution in [0.15, 0.2) is 41.0 Å². The summed E-state index contributed by atoms with van der Waals surface area (Å²) in [6.07, 6.45) is 1.71. The fourth-order valence-corrected chi connectivity index (χ4v) is 2.22. The minimum absolute atomic E-state index is 0.167. The fourth-order valence-electron chi connectivity index (χ4n) is 1.46. The molecular formula is C13H10BrIN2O. The smallest absolute Gasteiger partial charge is 0.257 e. The average molecular weight is 417 g/mol. The van der Waals surface area contributed by atoms with Crippen LogP contribution in [-0.2, 0) is 0 Å². The highest BCUT2D eigenvalue weighted by atomic mass is 127. The minimum atomic E-state index is -0.167. The third-order valence-electron chi connectivity index (χ3n) is 2.41. The standard InChI is InChI=1S/C13H10BrIN2O/c1-8-3-2-4-10(12(8)14)13(18)17-11-6-5-9(15)7-16-11/h2-7H,1H3,(H,16,17,18). The van der Waals surface area contributed by atoms with Gasteiger partial charge in [0.05, 0.1) is 5.56 Å². The van der Waals surface area contributed by atoms with E-state index < -0.39 is 0 Å². The summed E-state index contributed by atoms with van der Waals surface area (Å²) in [7, 11) is 0. The van der Waals surface area contributed by atoms with E-state index in [1.807, 2.05) is 25.1 Å². The summed E-state index contributed by atoms with van der Waals surface area (Å²) in [4.78, 5) is 16.2. The third-order valence-corrected chi connectivity index (χ3v) is 4.10. The molecular weight excluding hydrogens is 407 g/mol. The van der Waals surface area contributed by atoms with Gasteiger partial charge in [0.1, 0.15) is 5.82 Å². The molecule has 92 valence electrons. The van der Waals surface area contributed by atoms with Crippen LogP contribution in [0.2, 0.25) is 0 Å². The number of nitrogens with zero attached hydrogens (tertiary/aromatic N) is 1. The van der Waals surface area contributed by atoms with Crippen LogP contribution < -0.4 is 5.32 Å². The molecule has 1 aromatic carbocycles. The molecule has 0 atom stereocenters. The van der Waals surface area contributed by atoms with Gasteiger partial charge >= 0.3 is 0 Å². The Balaban J connectivity index is 2.22. The molecule has 0 aliphatic heterocycles. The Labute approximate surface area is 127 Å². The molecule has 0 unspecified atom stereocenters. The number of rotatable bonds is 2. The molecule has 0 aliphatic rings. The van der Waals surface area contributed by atoms with Gasteiger partial charge in [-0.05, 0) is 69.2 Å². The summed E-state index contributed by atoms with van der Waals surface area (Å²) in [5.74, 6) is 0.383. The summed E-state index contributed by atoms with van der Waals surface area (Å²) in [6, 6.07) is 9.26. The molecule has 1 aromatic heterocycles. The Kier molecular flexibility index (Phi) is 4.34. The Morgan fingerprint density at radius 1 is 1.33 bits per heavy atom. The van der Waals surface area contributed by atoms with E-state index in [9.17, 15) is 4.79 Å². The molecule has 2 rings (SSSR count). The minimum Gasteiger partial charge on any atom is -0.307 e. The van der Waals surface area contributed by atoms with Crippen LogP contribution in [0.1, 0.15) is 15.9 Å². The first-order valence-corrected chi connectivity index (χ1v) is 7.13. The SMILES string of the molecule is Cc1cccc(C(=O)Nc2ccc(I)cn2)c1Br. The van der Waals surface area contributed by atoms with Crippen molar-refractivity contribution >= 4 is 50.2 Å². The van der Waals surface area contributed by atoms with E-state index in [1.165, 1.54) is 0 Å². The highest BCUT2D eigenvalue weighted by Gasteiger charge is 2.11. The second-order valence-electron chi connectivity index (χ2n) is 3.75. The van der Waals surface area contributed by atoms with E-state index in [0.29, 0.717) is 11.4 Å². The molecule has 18 heavy (non-hydrogen) atoms. The topological polar surface area (TPSA) is 42.0 Å². The lowest BCUT2D eigenvalue weighted by Gasteiger charge is -2.07. The van der Waals surface area contributed by atoms with E-state index in [2.05, 4.69) is 48.8 Å². The van der Waals surface area contributed by atoms with Gasteiger partial charge in [-0.25, -0.2) is 4.98 Å². The zero-order chi connectivity index (χ0) is 13.1. The zero-order valence-corrected chi connectivity index (χ0v) is 13.3. The van der Waals surface area contributed by atoms with Gasteiger partial charge in [-0.2, -0.15) is 0 Å². The third kappa shape index (κ3) is 3.08. The monoisotopic (exact) mass is 416 g/mol. The van der Waals surface area contributed by atoms with Gasteiger partial charge in [0.25, 0.3) is 5.91 Å². The van der Waals surface area contributed by atoms with E-state index in [4.69, 9.17) is 0 Å². The zero-order valence-electron chi connectivity index (χ0n) is 9.58. The number of benzene rings is 1. The van der Waals surface area contributed by atoms with Crippen LogP contribution in [-0.4, -0.2) is 10.9 Å². The van der Waals surface area contributed by atoms with Crippen molar-refractivity contribution in [2.45, 2.75) is 6.92 Å². The van der Waals surface area contributed by atoms with Gasteiger partial charge in [-0.3, -0.25) is 4.79 Å². The molecule has 0 spiro atoms. The summed E-state index contributed by atoms with van der Waals surface area (Å²) in [5, 5.41) is 2.77. The predicted molar refractivity (Wildman–Crippen MR) is 83.8 cm³/mol. The summed E-state index contributed by atoms with van der Waals surface area (Å²) in [5.41, 5.74) is 1.63. The van der Waals surface area contributed by atoms with E-state index in [0.717, 1.165) is 13.6 Å². The quantitative estimate of drug-likeness (QED) is 0.751. The molecule has 0 bridgehead atoms. The van der Waals surface area contributed by atoms with Crippen LogP contribution in [0.25, 0.3) is 0 Å². The number of halogens is 2. The van der Waals surface area contributed by atoms with Crippen molar-refractivity contribution in [3.05, 3.63) is 55.7 Å². The van der Waals surface area contributed by atoms with Gasteiger partial charge in [-0.15, -0.1) is 0 Å². The van der Waals surface area contributed by atoms with Crippen LogP contribution in [0, 0.1) is 10.5 Å². The van der Waals surface area contributed by atoms with E-state index >= 15 is 0 Å². The lowest BCUT2D eigenvalue weighted by atomic mass is 10.1. The van der Waals surface area contributed by atoms with Crippen LogP contribution in [0.4, 0.5) is 5.82 Å². The van der Waals surface area contributed by atoms with Crippen molar-refractivity contribution in [3.63, 3.8) is 0 Å². The fraction of sp³-hybridized carbons (Fsp3) is 0.0769. The van der Waals surface area contributed by atoms with Crippen molar-refractivity contribution < 1.29 is 4.79 Å².